The first-order valence-electron chi connectivity index (χ1n) is 7.88. The highest BCUT2D eigenvalue weighted by Gasteiger charge is 2.28. The van der Waals surface area contributed by atoms with Gasteiger partial charge in [-0.3, -0.25) is 14.9 Å². The SMILES string of the molecule is COC(=O)c1c(NC(=O)c2cccc([N+](=O)[O-])c2)sc2c1CCN(C)C2. The van der Waals surface area contributed by atoms with E-state index in [0.29, 0.717) is 23.5 Å². The highest BCUT2D eigenvalue weighted by Crippen LogP contribution is 2.37. The number of nitrogens with one attached hydrogen (secondary N) is 1. The van der Waals surface area contributed by atoms with E-state index in [-0.39, 0.29) is 11.3 Å². The number of hydrogen-bond acceptors (Lipinski definition) is 7. The number of esters is 1. The predicted molar refractivity (Wildman–Crippen MR) is 96.7 cm³/mol. The topological polar surface area (TPSA) is 102 Å². The minimum atomic E-state index is -0.559. The van der Waals surface area contributed by atoms with Crippen LogP contribution in [0.2, 0.25) is 0 Å². The minimum absolute atomic E-state index is 0.151. The summed E-state index contributed by atoms with van der Waals surface area (Å²) < 4.78 is 4.88. The summed E-state index contributed by atoms with van der Waals surface area (Å²) in [4.78, 5) is 38.2. The number of likely N-dealkylation sites (N-methyl/N-ethyl adjacent to an activating group) is 1. The Balaban J connectivity index is 1.94. The Bertz CT molecular complexity index is 893. The monoisotopic (exact) mass is 375 g/mol. The van der Waals surface area contributed by atoms with Crippen molar-refractivity contribution in [3.63, 3.8) is 0 Å². The van der Waals surface area contributed by atoms with Crippen LogP contribution in [0.3, 0.4) is 0 Å². The van der Waals surface area contributed by atoms with Gasteiger partial charge in [0, 0.05) is 35.7 Å². The van der Waals surface area contributed by atoms with Crippen LogP contribution in [0.25, 0.3) is 0 Å². The van der Waals surface area contributed by atoms with Crippen molar-refractivity contribution in [3.05, 3.63) is 55.9 Å². The fraction of sp³-hybridized carbons (Fsp3) is 0.294. The summed E-state index contributed by atoms with van der Waals surface area (Å²) in [5.41, 5.74) is 1.25. The Morgan fingerprint density at radius 3 is 2.85 bits per heavy atom. The number of nitro groups is 1. The standard InChI is InChI=1S/C17H17N3O5S/c1-19-7-6-12-13(9-19)26-16(14(12)17(22)25-2)18-15(21)10-4-3-5-11(8-10)20(23)24/h3-5,8H,6-7,9H2,1-2H3,(H,18,21). The quantitative estimate of drug-likeness (QED) is 0.501. The van der Waals surface area contributed by atoms with E-state index in [9.17, 15) is 19.7 Å². The number of hydrogen-bond donors (Lipinski definition) is 1. The molecule has 0 spiro atoms. The van der Waals surface area contributed by atoms with Crippen LogP contribution in [0.5, 0.6) is 0 Å². The van der Waals surface area contributed by atoms with E-state index in [4.69, 9.17) is 4.74 Å². The van der Waals surface area contributed by atoms with Crippen LogP contribution in [0.1, 0.15) is 31.2 Å². The number of methoxy groups -OCH3 is 1. The van der Waals surface area contributed by atoms with Crippen molar-refractivity contribution in [1.29, 1.82) is 0 Å². The van der Waals surface area contributed by atoms with Crippen LogP contribution >= 0.6 is 11.3 Å². The molecule has 1 aliphatic rings. The molecule has 1 aromatic heterocycles. The summed E-state index contributed by atoms with van der Waals surface area (Å²) in [7, 11) is 3.29. The lowest BCUT2D eigenvalue weighted by Gasteiger charge is -2.22. The average molecular weight is 375 g/mol. The Labute approximate surface area is 153 Å². The first kappa shape index (κ1) is 18.0. The molecule has 8 nitrogen and oxygen atoms in total. The van der Waals surface area contributed by atoms with E-state index in [1.807, 2.05) is 7.05 Å². The van der Waals surface area contributed by atoms with Gasteiger partial charge >= 0.3 is 5.97 Å². The second kappa shape index (κ2) is 7.22. The lowest BCUT2D eigenvalue weighted by Crippen LogP contribution is -2.26. The zero-order chi connectivity index (χ0) is 18.8. The molecule has 136 valence electrons. The van der Waals surface area contributed by atoms with E-state index in [2.05, 4.69) is 10.2 Å². The molecule has 0 fully saturated rings. The van der Waals surface area contributed by atoms with Gasteiger partial charge in [-0.1, -0.05) is 6.07 Å². The molecule has 0 bridgehead atoms. The summed E-state index contributed by atoms with van der Waals surface area (Å²) in [6, 6.07) is 5.45. The molecule has 26 heavy (non-hydrogen) atoms. The van der Waals surface area contributed by atoms with Crippen LogP contribution in [0, 0.1) is 10.1 Å². The van der Waals surface area contributed by atoms with Gasteiger partial charge in [0.15, 0.2) is 0 Å². The van der Waals surface area contributed by atoms with Crippen molar-refractivity contribution in [3.8, 4) is 0 Å². The first-order chi connectivity index (χ1) is 12.4. The second-order valence-electron chi connectivity index (χ2n) is 5.95. The Morgan fingerprint density at radius 2 is 2.15 bits per heavy atom. The van der Waals surface area contributed by atoms with Gasteiger partial charge in [-0.05, 0) is 25.1 Å². The van der Waals surface area contributed by atoms with Crippen LogP contribution in [0.4, 0.5) is 10.7 Å². The molecule has 1 N–H and O–H groups in total. The van der Waals surface area contributed by atoms with E-state index >= 15 is 0 Å². The maximum atomic E-state index is 12.5. The number of benzene rings is 1. The summed E-state index contributed by atoms with van der Waals surface area (Å²) >= 11 is 1.33. The lowest BCUT2D eigenvalue weighted by molar-refractivity contribution is -0.384. The summed E-state index contributed by atoms with van der Waals surface area (Å²) in [5.74, 6) is -1.01. The molecule has 2 heterocycles. The van der Waals surface area contributed by atoms with Crippen molar-refractivity contribution in [2.24, 2.45) is 0 Å². The number of carbonyl (C=O) groups excluding carboxylic acids is 2. The van der Waals surface area contributed by atoms with Gasteiger partial charge in [-0.2, -0.15) is 0 Å². The third kappa shape index (κ3) is 3.44. The van der Waals surface area contributed by atoms with Crippen LogP contribution in [-0.2, 0) is 17.7 Å². The molecular formula is C17H17N3O5S. The van der Waals surface area contributed by atoms with Gasteiger partial charge in [0.25, 0.3) is 11.6 Å². The number of thiophene rings is 1. The first-order valence-corrected chi connectivity index (χ1v) is 8.69. The van der Waals surface area contributed by atoms with E-state index < -0.39 is 16.8 Å². The minimum Gasteiger partial charge on any atom is -0.465 e. The Kier molecular flexibility index (Phi) is 5.01. The zero-order valence-corrected chi connectivity index (χ0v) is 15.1. The fourth-order valence-corrected chi connectivity index (χ4v) is 4.18. The third-order valence-electron chi connectivity index (χ3n) is 4.18. The molecular weight excluding hydrogens is 358 g/mol. The maximum absolute atomic E-state index is 12.5. The molecule has 0 saturated carbocycles. The van der Waals surface area contributed by atoms with E-state index in [0.717, 1.165) is 17.0 Å². The molecule has 1 amide bonds. The zero-order valence-electron chi connectivity index (χ0n) is 14.3. The van der Waals surface area contributed by atoms with E-state index in [1.54, 1.807) is 0 Å². The van der Waals surface area contributed by atoms with Crippen LogP contribution in [-0.4, -0.2) is 42.4 Å². The van der Waals surface area contributed by atoms with Gasteiger partial charge in [0.1, 0.15) is 5.00 Å². The van der Waals surface area contributed by atoms with Gasteiger partial charge < -0.3 is 15.0 Å². The summed E-state index contributed by atoms with van der Waals surface area (Å²) in [6.07, 6.45) is 0.694. The van der Waals surface area contributed by atoms with Gasteiger partial charge in [0.2, 0.25) is 0 Å². The maximum Gasteiger partial charge on any atom is 0.341 e. The highest BCUT2D eigenvalue weighted by atomic mass is 32.1. The number of anilines is 1. The number of nitrogens with zero attached hydrogens (tertiary/aromatic N) is 2. The molecule has 0 atom stereocenters. The average Bonchev–Trinajstić information content (AvgIpc) is 2.97. The summed E-state index contributed by atoms with van der Waals surface area (Å²) in [6.45, 7) is 1.50. The van der Waals surface area contributed by atoms with Crippen molar-refractivity contribution >= 4 is 33.9 Å². The molecule has 0 unspecified atom stereocenters. The van der Waals surface area contributed by atoms with Gasteiger partial charge in [-0.25, -0.2) is 4.79 Å². The Hall–Kier alpha value is -2.78. The highest BCUT2D eigenvalue weighted by molar-refractivity contribution is 7.17. The summed E-state index contributed by atoms with van der Waals surface area (Å²) in [5, 5.41) is 14.0. The van der Waals surface area contributed by atoms with E-state index in [1.165, 1.54) is 42.7 Å². The molecule has 3 rings (SSSR count). The van der Waals surface area contributed by atoms with Crippen molar-refractivity contribution < 1.29 is 19.2 Å². The number of rotatable bonds is 4. The van der Waals surface area contributed by atoms with Gasteiger partial charge in [0.05, 0.1) is 17.6 Å². The fourth-order valence-electron chi connectivity index (χ4n) is 2.87. The van der Waals surface area contributed by atoms with Crippen LogP contribution < -0.4 is 5.32 Å². The smallest absolute Gasteiger partial charge is 0.341 e. The molecule has 2 aromatic rings. The molecule has 0 saturated heterocycles. The normalized spacial score (nSPS) is 13.8. The molecule has 1 aliphatic heterocycles. The molecule has 9 heteroatoms. The number of fused-ring (bicyclic) bond motifs is 1. The number of ether oxygens (including phenoxy) is 1. The largest absolute Gasteiger partial charge is 0.465 e. The Morgan fingerprint density at radius 1 is 1.38 bits per heavy atom. The lowest BCUT2D eigenvalue weighted by atomic mass is 10.0. The second-order valence-corrected chi connectivity index (χ2v) is 7.05. The van der Waals surface area contributed by atoms with Crippen molar-refractivity contribution in [2.75, 3.05) is 26.0 Å². The molecule has 1 aromatic carbocycles. The van der Waals surface area contributed by atoms with Crippen molar-refractivity contribution in [2.45, 2.75) is 13.0 Å². The van der Waals surface area contributed by atoms with Gasteiger partial charge in [-0.15, -0.1) is 11.3 Å². The molecule has 0 aliphatic carbocycles. The molecule has 0 radical (unpaired) electrons. The predicted octanol–water partition coefficient (Wildman–Crippen LogP) is 2.68. The van der Waals surface area contributed by atoms with Crippen LogP contribution in [0.15, 0.2) is 24.3 Å². The number of nitro benzene ring substituents is 1. The number of non-ortho nitro benzene ring substituents is 1. The van der Waals surface area contributed by atoms with Crippen molar-refractivity contribution in [1.82, 2.24) is 4.90 Å². The third-order valence-corrected chi connectivity index (χ3v) is 5.32. The number of amides is 1. The number of carbonyl (C=O) groups is 2.